The Hall–Kier alpha value is -1.54. The predicted octanol–water partition coefficient (Wildman–Crippen LogP) is 0.639. The molecule has 43 heavy (non-hydrogen) atoms. The second-order valence-electron chi connectivity index (χ2n) is 9.65. The normalized spacial score (nSPS) is 11.5. The van der Waals surface area contributed by atoms with Crippen molar-refractivity contribution in [2.45, 2.75) is 90.9 Å². The average molecular weight is 639 g/mol. The Bertz CT molecular complexity index is 781. The summed E-state index contributed by atoms with van der Waals surface area (Å²) in [6, 6.07) is 0. The molecule has 0 saturated heterocycles. The van der Waals surface area contributed by atoms with Crippen molar-refractivity contribution in [3.05, 3.63) is 24.3 Å². The van der Waals surface area contributed by atoms with Crippen molar-refractivity contribution in [1.82, 2.24) is 15.1 Å². The van der Waals surface area contributed by atoms with Gasteiger partial charge in [-0.15, -0.1) is 0 Å². The summed E-state index contributed by atoms with van der Waals surface area (Å²) < 4.78 is 0. The van der Waals surface area contributed by atoms with Crippen LogP contribution in [0.25, 0.3) is 0 Å². The summed E-state index contributed by atoms with van der Waals surface area (Å²) in [5.74, 6) is -2.18. The molecule has 0 atom stereocenters. The monoisotopic (exact) mass is 638 g/mol. The second-order valence-corrected chi connectivity index (χ2v) is 9.65. The van der Waals surface area contributed by atoms with E-state index in [-0.39, 0.29) is 88.8 Å². The number of amides is 1. The first-order valence-electron chi connectivity index (χ1n) is 15.0. The van der Waals surface area contributed by atoms with Gasteiger partial charge in [-0.2, -0.15) is 0 Å². The third-order valence-electron chi connectivity index (χ3n) is 5.83. The van der Waals surface area contributed by atoms with Crippen LogP contribution in [-0.4, -0.2) is 139 Å². The van der Waals surface area contributed by atoms with Crippen LogP contribution in [0.1, 0.15) is 90.9 Å². The summed E-state index contributed by atoms with van der Waals surface area (Å²) in [5.41, 5.74) is 0. The summed E-state index contributed by atoms with van der Waals surface area (Å²) >= 11 is 0. The van der Waals surface area contributed by atoms with E-state index in [1.807, 2.05) is 4.90 Å². The zero-order valence-electron chi connectivity index (χ0n) is 26.4. The number of aliphatic hydroxyl groups excluding tert-OH is 2. The molecule has 12 nitrogen and oxygen atoms in total. The molecule has 0 unspecified atom stereocenters. The quantitative estimate of drug-likeness (QED) is 0.0261. The van der Waals surface area contributed by atoms with Crippen LogP contribution >= 0.6 is 0 Å². The first kappa shape index (κ1) is 45.9. The van der Waals surface area contributed by atoms with E-state index in [2.05, 4.69) is 48.5 Å². The first-order valence-corrected chi connectivity index (χ1v) is 15.0. The molecule has 0 fully saturated rings. The van der Waals surface area contributed by atoms with Crippen LogP contribution in [0.2, 0.25) is 0 Å². The number of hydrogen-bond acceptors (Lipinski definition) is 10. The number of nitrogens with one attached hydrogen (secondary N) is 1. The van der Waals surface area contributed by atoms with Crippen LogP contribution in [0.15, 0.2) is 29.3 Å². The summed E-state index contributed by atoms with van der Waals surface area (Å²) in [6.07, 6.45) is 15.5. The Morgan fingerprint density at radius 2 is 1.28 bits per heavy atom. The Kier molecular flexibility index (Phi) is 37.3. The van der Waals surface area contributed by atoms with E-state index in [1.165, 1.54) is 0 Å². The molecule has 0 rings (SSSR count). The Labute approximate surface area is 287 Å². The van der Waals surface area contributed by atoms with Crippen LogP contribution in [0.5, 0.6) is 0 Å². The molecule has 0 spiro atoms. The maximum atomic E-state index is 11.7. The van der Waals surface area contributed by atoms with E-state index in [1.54, 1.807) is 4.90 Å². The maximum absolute atomic E-state index is 11.7. The molecule has 0 aromatic rings. The average Bonchev–Trinajstić information content (AvgIpc) is 2.96. The minimum atomic E-state index is -1.13. The number of carboxylic acid groups (broad SMARTS) is 2. The van der Waals surface area contributed by atoms with Crippen molar-refractivity contribution < 1.29 is 39.9 Å². The number of carbonyl (C=O) groups excluding carboxylic acids is 2. The SMILES string of the molecule is CC/C=C/CCCC(=O)NCN(CCCO)CCC(=O)O.CC/C=C/CCCC([O-])=NCN(CCCO)CCC(=O)[O-].[Ca+2]. The molecule has 1 amide bonds. The molecular formula is C30H54CaN4O8. The molecule has 0 saturated carbocycles. The molecule has 0 bridgehead atoms. The van der Waals surface area contributed by atoms with Gasteiger partial charge in [-0.1, -0.05) is 38.2 Å². The smallest absolute Gasteiger partial charge is 0.862 e. The summed E-state index contributed by atoms with van der Waals surface area (Å²) in [6.45, 7) is 6.46. The zero-order valence-corrected chi connectivity index (χ0v) is 28.6. The molecule has 0 radical (unpaired) electrons. The maximum Gasteiger partial charge on any atom is 2.00 e. The van der Waals surface area contributed by atoms with Gasteiger partial charge in [-0.3, -0.25) is 24.4 Å². The molecule has 0 heterocycles. The molecule has 4 N–H and O–H groups in total. The molecule has 0 aliphatic carbocycles. The number of unbranched alkanes of at least 4 members (excludes halogenated alkanes) is 2. The number of allylic oxidation sites excluding steroid dienone is 4. The molecule has 13 heteroatoms. The number of hydrogen-bond donors (Lipinski definition) is 4. The third-order valence-corrected chi connectivity index (χ3v) is 5.83. The minimum absolute atomic E-state index is 0. The fourth-order valence-corrected chi connectivity index (χ4v) is 3.48. The third kappa shape index (κ3) is 36.6. The summed E-state index contributed by atoms with van der Waals surface area (Å²) in [4.78, 5) is 40.2. The van der Waals surface area contributed by atoms with Crippen molar-refractivity contribution in [2.75, 3.05) is 52.7 Å². The van der Waals surface area contributed by atoms with Crippen molar-refractivity contribution in [2.24, 2.45) is 4.99 Å². The van der Waals surface area contributed by atoms with Gasteiger partial charge >= 0.3 is 43.7 Å². The van der Waals surface area contributed by atoms with Gasteiger partial charge < -0.3 is 35.6 Å². The fraction of sp³-hybridized carbons (Fsp3) is 0.733. The van der Waals surface area contributed by atoms with Gasteiger partial charge in [0.2, 0.25) is 5.91 Å². The van der Waals surface area contributed by atoms with E-state index in [0.29, 0.717) is 52.0 Å². The number of aliphatic imine (C=N–C) groups is 1. The van der Waals surface area contributed by atoms with Crippen molar-refractivity contribution in [3.8, 4) is 0 Å². The number of nitrogens with zero attached hydrogens (tertiary/aromatic N) is 3. The Morgan fingerprint density at radius 3 is 1.79 bits per heavy atom. The van der Waals surface area contributed by atoms with Gasteiger partial charge in [0.1, 0.15) is 0 Å². The van der Waals surface area contributed by atoms with Gasteiger partial charge in [0.15, 0.2) is 0 Å². The fourth-order valence-electron chi connectivity index (χ4n) is 3.48. The summed E-state index contributed by atoms with van der Waals surface area (Å²) in [7, 11) is 0. The number of carboxylic acids is 2. The van der Waals surface area contributed by atoms with Crippen LogP contribution in [-0.2, 0) is 14.4 Å². The molecule has 244 valence electrons. The Balaban J connectivity index is -0.000000727. The zero-order chi connectivity index (χ0) is 31.8. The van der Waals surface area contributed by atoms with Gasteiger partial charge in [0.05, 0.1) is 19.8 Å². The number of rotatable bonds is 26. The van der Waals surface area contributed by atoms with Crippen LogP contribution in [0.4, 0.5) is 0 Å². The molecule has 0 aromatic carbocycles. The molecular weight excluding hydrogens is 584 g/mol. The second kappa shape index (κ2) is 34.9. The topological polar surface area (TPSA) is 189 Å². The van der Waals surface area contributed by atoms with E-state index in [0.717, 1.165) is 38.5 Å². The number of aliphatic hydroxyl groups is 2. The number of aliphatic carboxylic acids is 2. The van der Waals surface area contributed by atoms with Gasteiger partial charge in [-0.05, 0) is 70.1 Å². The van der Waals surface area contributed by atoms with E-state index < -0.39 is 11.9 Å². The van der Waals surface area contributed by atoms with Crippen LogP contribution in [0, 0.1) is 0 Å². The van der Waals surface area contributed by atoms with E-state index >= 15 is 0 Å². The van der Waals surface area contributed by atoms with Crippen LogP contribution in [0.3, 0.4) is 0 Å². The predicted molar refractivity (Wildman–Crippen MR) is 166 cm³/mol. The van der Waals surface area contributed by atoms with E-state index in [9.17, 15) is 24.6 Å². The first-order chi connectivity index (χ1) is 20.2. The largest absolute Gasteiger partial charge is 2.00 e. The van der Waals surface area contributed by atoms with Gasteiger partial charge in [-0.25, -0.2) is 0 Å². The van der Waals surface area contributed by atoms with Crippen LogP contribution < -0.4 is 15.5 Å². The van der Waals surface area contributed by atoms with E-state index in [4.69, 9.17) is 15.3 Å². The molecule has 0 aliphatic heterocycles. The summed E-state index contributed by atoms with van der Waals surface area (Å²) in [5, 5.41) is 51.1. The van der Waals surface area contributed by atoms with Crippen molar-refractivity contribution in [3.63, 3.8) is 0 Å². The van der Waals surface area contributed by atoms with Gasteiger partial charge in [0, 0.05) is 51.8 Å². The van der Waals surface area contributed by atoms with Gasteiger partial charge in [0.25, 0.3) is 0 Å². The molecule has 0 aromatic heterocycles. The number of carbonyl (C=O) groups is 3. The Morgan fingerprint density at radius 1 is 0.744 bits per heavy atom. The van der Waals surface area contributed by atoms with Crippen molar-refractivity contribution >= 4 is 61.5 Å². The van der Waals surface area contributed by atoms with Crippen molar-refractivity contribution in [1.29, 1.82) is 0 Å². The molecule has 0 aliphatic rings. The minimum Gasteiger partial charge on any atom is -0.862 e. The standard InChI is InChI=1S/2C15H28N2O4.Ca/c2*1-2-3-4-5-6-8-14(19)16-13-17(10-7-12-18)11-9-15(20)21;/h2*3-4,18H,2,5-13H2,1H3,(H,16,19)(H,20,21);/q;;+2/p-2/b2*4-3+;.